The molecule has 13 heterocycles. The van der Waals surface area contributed by atoms with Gasteiger partial charge in [0.25, 0.3) is 0 Å². The highest BCUT2D eigenvalue weighted by Gasteiger charge is 2.51. The molecule has 0 saturated carbocycles. The van der Waals surface area contributed by atoms with Crippen molar-refractivity contribution in [1.82, 2.24) is 101 Å². The lowest BCUT2D eigenvalue weighted by Gasteiger charge is -2.33. The first-order chi connectivity index (χ1) is 62.1. The first-order valence-corrected chi connectivity index (χ1v) is 46.6. The Bertz CT molecular complexity index is 4240. The maximum absolute atomic E-state index is 14.5. The summed E-state index contributed by atoms with van der Waals surface area (Å²) in [5.74, 6) is -11.7. The van der Waals surface area contributed by atoms with Crippen LogP contribution < -0.4 is 48.7 Å². The highest BCUT2D eigenvalue weighted by Crippen LogP contribution is 2.34. The molecule has 14 atom stereocenters. The van der Waals surface area contributed by atoms with Gasteiger partial charge in [0.2, 0.25) is 118 Å². The Hall–Kier alpha value is -11.2. The lowest BCUT2D eigenvalue weighted by molar-refractivity contribution is -0.148. The molecule has 129 heavy (non-hydrogen) atoms. The molecule has 0 spiro atoms. The highest BCUT2D eigenvalue weighted by atomic mass is 16.4. The van der Waals surface area contributed by atoms with E-state index in [-0.39, 0.29) is 136 Å². The summed E-state index contributed by atoms with van der Waals surface area (Å²) < 4.78 is 0. The van der Waals surface area contributed by atoms with Crippen molar-refractivity contribution < 1.29 is 106 Å². The number of hydrogen-bond donors (Lipinski definition) is 10. The molecular weight excluding hydrogens is 1680 g/mol. The predicted octanol–water partition coefficient (Wildman–Crippen LogP) is -6.78. The van der Waals surface area contributed by atoms with Gasteiger partial charge in [0.1, 0.15) is 85.1 Å². The average Bonchev–Trinajstić information content (AvgIpc) is 1.68. The summed E-state index contributed by atoms with van der Waals surface area (Å²) in [6.07, 6.45) is 11.9. The van der Waals surface area contributed by atoms with Crippen LogP contribution in [0.15, 0.2) is 0 Å². The second-order valence-corrected chi connectivity index (χ2v) is 36.1. The quantitative estimate of drug-likeness (QED) is 0.0280. The standard InChI is InChI=1S/C85H126N22O22/c86-30-2-1-16-51(87)79(123)101-37-3-17-52(101)72(116)88-44-65(108)95-31-10-24-59(95)80(124)102-38-4-18-53(102)73(117)89-45-66(109)96-32-11-25-60(96)81(125)103-39-5-19-54(103)74(118)90-46-67(110)97-33-12-26-61(97)82(126)104-40-6-20-55(104)75(119)91-47-68(111)98-34-13-27-62(98)83(127)105-41-7-21-56(105)76(120)92-48-69(112)99-35-14-28-63(99)84(128)106-42-8-22-57(106)77(121)93-49-70(113)100-36-15-29-64(100)85(129)107-43-9-23-58(107)78(122)94-50-71(114)115/h51-64H,1-50,86-87H2,(H,88,116)(H,89,117)(H,90,118)(H,91,119)(H,92,120)(H,93,121)(H,94,122)(H,114,115)/t51-,52-,53-,54-,55-,56-,57-,58-,59-,60-,61-,62-,63-,64-/m0/s1. The van der Waals surface area contributed by atoms with Crippen LogP contribution in [-0.2, 0) is 101 Å². The average molecular weight is 1810 g/mol. The van der Waals surface area contributed by atoms with E-state index < -0.39 is 249 Å². The fraction of sp³-hybridized carbons (Fsp3) is 0.753. The molecule has 13 aliphatic rings. The van der Waals surface area contributed by atoms with Gasteiger partial charge in [-0.1, -0.05) is 6.42 Å². The van der Waals surface area contributed by atoms with E-state index in [4.69, 9.17) is 16.6 Å². The Labute approximate surface area is 747 Å². The monoisotopic (exact) mass is 1810 g/mol. The fourth-order valence-electron chi connectivity index (χ4n) is 21.6. The van der Waals surface area contributed by atoms with Crippen LogP contribution in [-0.4, -0.2) is 415 Å². The summed E-state index contributed by atoms with van der Waals surface area (Å²) >= 11 is 0. The molecule has 0 unspecified atom stereocenters. The van der Waals surface area contributed by atoms with Crippen LogP contribution in [0.3, 0.4) is 0 Å². The molecule has 44 heteroatoms. The topological polar surface area (TPSA) is 557 Å². The number of nitrogens with two attached hydrogens (primary N) is 2. The highest BCUT2D eigenvalue weighted by molar-refractivity contribution is 6.02. The van der Waals surface area contributed by atoms with Gasteiger partial charge in [0.05, 0.1) is 45.3 Å². The third kappa shape index (κ3) is 21.6. The summed E-state index contributed by atoms with van der Waals surface area (Å²) in [5.41, 5.74) is 11.8. The molecule has 13 fully saturated rings. The van der Waals surface area contributed by atoms with Crippen molar-refractivity contribution in [2.24, 2.45) is 11.5 Å². The zero-order chi connectivity index (χ0) is 92.0. The number of unbranched alkanes of at least 4 members (excludes halogenated alkanes) is 1. The van der Waals surface area contributed by atoms with Crippen molar-refractivity contribution in [1.29, 1.82) is 0 Å². The molecule has 20 amide bonds. The number of carboxylic acid groups (broad SMARTS) is 1. The van der Waals surface area contributed by atoms with Crippen molar-refractivity contribution in [2.75, 3.05) is 137 Å². The summed E-state index contributed by atoms with van der Waals surface area (Å²) in [6.45, 7) is -0.182. The molecule has 12 N–H and O–H groups in total. The maximum Gasteiger partial charge on any atom is 0.322 e. The smallest absolute Gasteiger partial charge is 0.322 e. The van der Waals surface area contributed by atoms with Gasteiger partial charge in [-0.05, 0) is 186 Å². The SMILES string of the molecule is NCCCC[C@H](N)C(=O)N1CCC[C@H]1C(=O)NCC(=O)N1CCC[C@H]1C(=O)N1CCC[C@H]1C(=O)NCC(=O)N1CCC[C@H]1C(=O)N1CCC[C@H]1C(=O)NCC(=O)N1CCC[C@H]1C(=O)N1CCC[C@H]1C(=O)NCC(=O)N1CCC[C@H]1C(=O)N1CCC[C@H]1C(=O)NCC(=O)N1CCC[C@H]1C(=O)N1CCC[C@H]1C(=O)NCC(=O)N1CCC[C@H]1C(=O)N1CCC[C@H]1C(=O)NCC(=O)O. The van der Waals surface area contributed by atoms with Crippen molar-refractivity contribution in [2.45, 2.75) is 271 Å². The minimum Gasteiger partial charge on any atom is -0.480 e. The van der Waals surface area contributed by atoms with Gasteiger partial charge in [-0.25, -0.2) is 0 Å². The molecule has 0 aliphatic carbocycles. The van der Waals surface area contributed by atoms with Gasteiger partial charge in [0, 0.05) is 85.1 Å². The van der Waals surface area contributed by atoms with Gasteiger partial charge in [-0.3, -0.25) is 101 Å². The van der Waals surface area contributed by atoms with E-state index >= 15 is 0 Å². The number of likely N-dealkylation sites (tertiary alicyclic amines) is 13. The number of hydrogen-bond acceptors (Lipinski definition) is 23. The van der Waals surface area contributed by atoms with Gasteiger partial charge in [0.15, 0.2) is 0 Å². The first kappa shape index (κ1) is 95.4. The Kier molecular flexibility index (Phi) is 32.1. The maximum atomic E-state index is 14.5. The Morgan fingerprint density at radius 1 is 0.233 bits per heavy atom. The predicted molar refractivity (Wildman–Crippen MR) is 451 cm³/mol. The molecule has 44 nitrogen and oxygen atoms in total. The summed E-state index contributed by atoms with van der Waals surface area (Å²) in [5, 5.41) is 27.4. The van der Waals surface area contributed by atoms with Crippen LogP contribution in [0.2, 0.25) is 0 Å². The van der Waals surface area contributed by atoms with E-state index in [1.54, 1.807) is 0 Å². The van der Waals surface area contributed by atoms with E-state index in [0.29, 0.717) is 148 Å². The fourth-order valence-corrected chi connectivity index (χ4v) is 21.6. The zero-order valence-electron chi connectivity index (χ0n) is 73.4. The van der Waals surface area contributed by atoms with Crippen LogP contribution in [0.25, 0.3) is 0 Å². The molecule has 13 aliphatic heterocycles. The van der Waals surface area contributed by atoms with Gasteiger partial charge >= 0.3 is 5.97 Å². The third-order valence-electron chi connectivity index (χ3n) is 28.2. The van der Waals surface area contributed by atoms with Crippen LogP contribution in [0.1, 0.15) is 186 Å². The number of nitrogens with one attached hydrogen (secondary N) is 7. The van der Waals surface area contributed by atoms with E-state index in [2.05, 4.69) is 37.2 Å². The largest absolute Gasteiger partial charge is 0.480 e. The molecule has 0 radical (unpaired) electrons. The van der Waals surface area contributed by atoms with Crippen molar-refractivity contribution in [3.8, 4) is 0 Å². The summed E-state index contributed by atoms with van der Waals surface area (Å²) in [7, 11) is 0. The molecule has 13 saturated heterocycles. The number of amides is 20. The molecule has 0 aromatic carbocycles. The number of carbonyl (C=O) groups is 21. The Morgan fingerprint density at radius 3 is 0.581 bits per heavy atom. The molecule has 708 valence electrons. The van der Waals surface area contributed by atoms with Crippen LogP contribution in [0, 0.1) is 0 Å². The van der Waals surface area contributed by atoms with Gasteiger partial charge in [-0.2, -0.15) is 0 Å². The summed E-state index contributed by atoms with van der Waals surface area (Å²) in [6, 6.07) is -13.0. The van der Waals surface area contributed by atoms with Gasteiger partial charge < -0.3 is 117 Å². The van der Waals surface area contributed by atoms with Crippen LogP contribution in [0.4, 0.5) is 0 Å². The second-order valence-electron chi connectivity index (χ2n) is 36.1. The Morgan fingerprint density at radius 2 is 0.395 bits per heavy atom. The first-order valence-electron chi connectivity index (χ1n) is 46.6. The lowest BCUT2D eigenvalue weighted by Crippen LogP contribution is -2.57. The Balaban J connectivity index is 0.517. The van der Waals surface area contributed by atoms with E-state index in [9.17, 15) is 101 Å². The zero-order valence-corrected chi connectivity index (χ0v) is 73.4. The minimum atomic E-state index is -1.23. The molecular formula is C85H126N22O22. The minimum absolute atomic E-state index is 0.178. The third-order valence-corrected chi connectivity index (χ3v) is 28.2. The van der Waals surface area contributed by atoms with E-state index in [1.165, 1.54) is 63.7 Å². The van der Waals surface area contributed by atoms with E-state index in [1.807, 2.05) is 0 Å². The van der Waals surface area contributed by atoms with Crippen molar-refractivity contribution in [3.05, 3.63) is 0 Å². The molecule has 0 bridgehead atoms. The van der Waals surface area contributed by atoms with Crippen LogP contribution >= 0.6 is 0 Å². The normalized spacial score (nSPS) is 27.0. The number of nitrogens with zero attached hydrogens (tertiary/aromatic N) is 13. The lowest BCUT2D eigenvalue weighted by atomic mass is 10.1. The number of carbonyl (C=O) groups excluding carboxylic acids is 20. The number of carboxylic acids is 1. The van der Waals surface area contributed by atoms with E-state index in [0.717, 1.165) is 0 Å². The summed E-state index contributed by atoms with van der Waals surface area (Å²) in [4.78, 5) is 307. The molecule has 0 aromatic heterocycles. The molecule has 13 rings (SSSR count). The van der Waals surface area contributed by atoms with Crippen molar-refractivity contribution in [3.63, 3.8) is 0 Å². The van der Waals surface area contributed by atoms with Crippen molar-refractivity contribution >= 4 is 124 Å². The number of rotatable bonds is 32. The second kappa shape index (κ2) is 43.5. The van der Waals surface area contributed by atoms with Gasteiger partial charge in [-0.15, -0.1) is 0 Å². The van der Waals surface area contributed by atoms with Crippen LogP contribution in [0.5, 0.6) is 0 Å². The molecule has 0 aromatic rings. The number of aliphatic carboxylic acids is 1.